The van der Waals surface area contributed by atoms with Crippen LogP contribution in [0.4, 0.5) is 16.0 Å². The Morgan fingerprint density at radius 1 is 1.07 bits per heavy atom. The van der Waals surface area contributed by atoms with Crippen LogP contribution in [0.5, 0.6) is 0 Å². The number of aromatic amines is 1. The van der Waals surface area contributed by atoms with E-state index in [9.17, 15) is 4.39 Å². The van der Waals surface area contributed by atoms with Crippen molar-refractivity contribution in [3.05, 3.63) is 65.7 Å². The first-order chi connectivity index (χ1) is 13.1. The molecule has 0 saturated heterocycles. The van der Waals surface area contributed by atoms with Crippen LogP contribution in [0.25, 0.3) is 22.2 Å². The molecule has 0 radical (unpaired) electrons. The summed E-state index contributed by atoms with van der Waals surface area (Å²) in [6, 6.07) is 11.4. The van der Waals surface area contributed by atoms with E-state index in [0.29, 0.717) is 16.5 Å². The molecule has 4 aromatic rings. The van der Waals surface area contributed by atoms with Gasteiger partial charge in [0, 0.05) is 33.8 Å². The number of nitrogens with one attached hydrogen (secondary N) is 2. The molecule has 0 fully saturated rings. The topological polar surface area (TPSA) is 53.6 Å². The van der Waals surface area contributed by atoms with Crippen LogP contribution >= 0.6 is 11.8 Å². The lowest BCUT2D eigenvalue weighted by Gasteiger charge is -2.11. The van der Waals surface area contributed by atoms with Gasteiger partial charge in [0.25, 0.3) is 0 Å². The number of halogens is 1. The third-order valence-corrected chi connectivity index (χ3v) is 5.34. The van der Waals surface area contributed by atoms with Gasteiger partial charge < -0.3 is 10.3 Å². The van der Waals surface area contributed by atoms with E-state index < -0.39 is 0 Å². The van der Waals surface area contributed by atoms with Gasteiger partial charge in [-0.3, -0.25) is 0 Å². The van der Waals surface area contributed by atoms with E-state index >= 15 is 0 Å². The van der Waals surface area contributed by atoms with Crippen molar-refractivity contribution in [2.24, 2.45) is 0 Å². The fourth-order valence-electron chi connectivity index (χ4n) is 3.16. The van der Waals surface area contributed by atoms with E-state index in [0.717, 1.165) is 27.7 Å². The number of thioether (sulfide) groups is 1. The van der Waals surface area contributed by atoms with Gasteiger partial charge in [-0.1, -0.05) is 24.3 Å². The average molecular weight is 378 g/mol. The van der Waals surface area contributed by atoms with Gasteiger partial charge in [-0.05, 0) is 43.4 Å². The molecule has 4 rings (SSSR count). The minimum atomic E-state index is -0.293. The van der Waals surface area contributed by atoms with Crippen LogP contribution in [0.2, 0.25) is 0 Å². The van der Waals surface area contributed by atoms with Gasteiger partial charge in [-0.15, -0.1) is 11.8 Å². The lowest BCUT2D eigenvalue weighted by Crippen LogP contribution is -2.02. The molecule has 136 valence electrons. The zero-order valence-electron chi connectivity index (χ0n) is 15.3. The van der Waals surface area contributed by atoms with Gasteiger partial charge in [-0.25, -0.2) is 14.4 Å². The first-order valence-corrected chi connectivity index (χ1v) is 9.81. The number of benzene rings is 2. The molecule has 6 heteroatoms. The Balaban J connectivity index is 1.77. The standard InChI is InChI=1S/C21H19FN4S/c1-12-6-4-7-14-15(11-23-19(12)14)20-13(2)10-24-21(26-20)25-16-8-5-9-17(27-3)18(16)22/h4-11,23H,1-3H3,(H,24,25,26). The number of hydrogen-bond donors (Lipinski definition) is 2. The van der Waals surface area contributed by atoms with Gasteiger partial charge in [0.05, 0.1) is 11.4 Å². The Hall–Kier alpha value is -2.86. The smallest absolute Gasteiger partial charge is 0.227 e. The Bertz CT molecular complexity index is 1140. The summed E-state index contributed by atoms with van der Waals surface area (Å²) in [5.41, 5.74) is 5.44. The minimum absolute atomic E-state index is 0.293. The zero-order valence-corrected chi connectivity index (χ0v) is 16.1. The normalized spacial score (nSPS) is 11.1. The van der Waals surface area contributed by atoms with Crippen LogP contribution in [0.15, 0.2) is 53.7 Å². The molecular formula is C21H19FN4S. The van der Waals surface area contributed by atoms with Gasteiger partial charge in [0.15, 0.2) is 5.82 Å². The van der Waals surface area contributed by atoms with Crippen molar-refractivity contribution >= 4 is 34.3 Å². The van der Waals surface area contributed by atoms with Crippen LogP contribution in [-0.4, -0.2) is 21.2 Å². The minimum Gasteiger partial charge on any atom is -0.360 e. The van der Waals surface area contributed by atoms with Crippen LogP contribution in [0.1, 0.15) is 11.1 Å². The molecule has 0 atom stereocenters. The maximum absolute atomic E-state index is 14.5. The summed E-state index contributed by atoms with van der Waals surface area (Å²) in [4.78, 5) is 12.9. The molecule has 0 aliphatic rings. The number of para-hydroxylation sites is 1. The van der Waals surface area contributed by atoms with E-state index in [1.54, 1.807) is 18.3 Å². The third-order valence-electron chi connectivity index (χ3n) is 4.58. The van der Waals surface area contributed by atoms with Crippen LogP contribution in [0, 0.1) is 19.7 Å². The van der Waals surface area contributed by atoms with Crippen LogP contribution < -0.4 is 5.32 Å². The lowest BCUT2D eigenvalue weighted by atomic mass is 10.1. The highest BCUT2D eigenvalue weighted by Crippen LogP contribution is 2.32. The van der Waals surface area contributed by atoms with Crippen molar-refractivity contribution in [2.75, 3.05) is 11.6 Å². The number of H-pyrrole nitrogens is 1. The molecule has 2 heterocycles. The summed E-state index contributed by atoms with van der Waals surface area (Å²) >= 11 is 1.37. The molecule has 0 spiro atoms. The van der Waals surface area contributed by atoms with Crippen molar-refractivity contribution in [3.63, 3.8) is 0 Å². The molecule has 2 aromatic heterocycles. The highest BCUT2D eigenvalue weighted by molar-refractivity contribution is 7.98. The Labute approximate surface area is 161 Å². The van der Waals surface area contributed by atoms with E-state index in [4.69, 9.17) is 0 Å². The molecular weight excluding hydrogens is 359 g/mol. The Kier molecular flexibility index (Phi) is 4.58. The van der Waals surface area contributed by atoms with Gasteiger partial charge in [-0.2, -0.15) is 0 Å². The van der Waals surface area contributed by atoms with Gasteiger partial charge in [0.2, 0.25) is 5.95 Å². The first-order valence-electron chi connectivity index (χ1n) is 8.58. The van der Waals surface area contributed by atoms with E-state index in [2.05, 4.69) is 39.3 Å². The largest absolute Gasteiger partial charge is 0.360 e. The number of aryl methyl sites for hydroxylation is 2. The first kappa shape index (κ1) is 17.5. The zero-order chi connectivity index (χ0) is 19.0. The Morgan fingerprint density at radius 3 is 2.70 bits per heavy atom. The molecule has 27 heavy (non-hydrogen) atoms. The number of aromatic nitrogens is 3. The predicted octanol–water partition coefficient (Wildman–Crippen LogP) is 5.85. The van der Waals surface area contributed by atoms with Gasteiger partial charge >= 0.3 is 0 Å². The number of fused-ring (bicyclic) bond motifs is 1. The maximum Gasteiger partial charge on any atom is 0.227 e. The van der Waals surface area contributed by atoms with Crippen molar-refractivity contribution in [3.8, 4) is 11.3 Å². The second kappa shape index (κ2) is 7.04. The molecule has 0 saturated carbocycles. The Morgan fingerprint density at radius 2 is 1.89 bits per heavy atom. The molecule has 0 aliphatic carbocycles. The molecule has 0 amide bonds. The SMILES string of the molecule is CSc1cccc(Nc2ncc(C)c(-c3c[nH]c4c(C)cccc34)n2)c1F. The second-order valence-corrected chi connectivity index (χ2v) is 7.22. The van der Waals surface area contributed by atoms with Crippen LogP contribution in [-0.2, 0) is 0 Å². The van der Waals surface area contributed by atoms with Crippen LogP contribution in [0.3, 0.4) is 0 Å². The fourth-order valence-corrected chi connectivity index (χ4v) is 3.67. The van der Waals surface area contributed by atoms with Gasteiger partial charge in [0.1, 0.15) is 0 Å². The number of rotatable bonds is 4. The molecule has 0 bridgehead atoms. The number of hydrogen-bond acceptors (Lipinski definition) is 4. The summed E-state index contributed by atoms with van der Waals surface area (Å²) in [5.74, 6) is 0.0770. The summed E-state index contributed by atoms with van der Waals surface area (Å²) in [6.07, 6.45) is 5.57. The number of nitrogens with zero attached hydrogens (tertiary/aromatic N) is 2. The van der Waals surface area contributed by atoms with E-state index in [1.807, 2.05) is 31.5 Å². The molecule has 2 N–H and O–H groups in total. The lowest BCUT2D eigenvalue weighted by molar-refractivity contribution is 0.606. The molecule has 2 aromatic carbocycles. The number of anilines is 2. The van der Waals surface area contributed by atoms with Crippen molar-refractivity contribution in [1.29, 1.82) is 0 Å². The third kappa shape index (κ3) is 3.17. The summed E-state index contributed by atoms with van der Waals surface area (Å²) in [7, 11) is 0. The average Bonchev–Trinajstić information content (AvgIpc) is 3.10. The quantitative estimate of drug-likeness (QED) is 0.438. The summed E-state index contributed by atoms with van der Waals surface area (Å²) < 4.78 is 14.5. The maximum atomic E-state index is 14.5. The van der Waals surface area contributed by atoms with Crippen molar-refractivity contribution in [1.82, 2.24) is 15.0 Å². The molecule has 0 unspecified atom stereocenters. The highest BCUT2D eigenvalue weighted by atomic mass is 32.2. The highest BCUT2D eigenvalue weighted by Gasteiger charge is 2.14. The van der Waals surface area contributed by atoms with E-state index in [1.165, 1.54) is 17.3 Å². The fraction of sp³-hybridized carbons (Fsp3) is 0.143. The second-order valence-electron chi connectivity index (χ2n) is 6.37. The predicted molar refractivity (Wildman–Crippen MR) is 110 cm³/mol. The summed E-state index contributed by atoms with van der Waals surface area (Å²) in [5, 5.41) is 4.12. The monoisotopic (exact) mass is 378 g/mol. The van der Waals surface area contributed by atoms with Crippen molar-refractivity contribution in [2.45, 2.75) is 18.7 Å². The summed E-state index contributed by atoms with van der Waals surface area (Å²) in [6.45, 7) is 4.05. The van der Waals surface area contributed by atoms with Crippen molar-refractivity contribution < 1.29 is 4.39 Å². The van der Waals surface area contributed by atoms with E-state index in [-0.39, 0.29) is 5.82 Å². The molecule has 0 aliphatic heterocycles. The molecule has 4 nitrogen and oxygen atoms in total.